The van der Waals surface area contributed by atoms with Gasteiger partial charge in [0, 0.05) is 21.4 Å². The van der Waals surface area contributed by atoms with Crippen molar-refractivity contribution < 1.29 is 16.8 Å². The average molecular weight is 803 g/mol. The third-order valence-electron chi connectivity index (χ3n) is 8.19. The summed E-state index contributed by atoms with van der Waals surface area (Å²) in [6.45, 7) is 8.15. The minimum Gasteiger partial charge on any atom is -0.268 e. The van der Waals surface area contributed by atoms with Crippen LogP contribution >= 0.6 is 31.9 Å². The Morgan fingerprint density at radius 3 is 1.15 bits per heavy atom. The topological polar surface area (TPSA) is 74.8 Å². The van der Waals surface area contributed by atoms with E-state index < -0.39 is 20.0 Å². The van der Waals surface area contributed by atoms with Crippen LogP contribution in [-0.4, -0.2) is 38.5 Å². The molecule has 0 saturated heterocycles. The molecule has 0 aliphatic heterocycles. The zero-order valence-electron chi connectivity index (χ0n) is 28.2. The number of halogens is 2. The van der Waals surface area contributed by atoms with Crippen LogP contribution in [0.2, 0.25) is 0 Å². The first-order valence-corrected chi connectivity index (χ1v) is 21.5. The van der Waals surface area contributed by atoms with Gasteiger partial charge < -0.3 is 0 Å². The van der Waals surface area contributed by atoms with Crippen LogP contribution in [0.25, 0.3) is 0 Å². The van der Waals surface area contributed by atoms with E-state index in [2.05, 4.69) is 45.7 Å². The molecule has 2 aromatic rings. The molecule has 2 aromatic carbocycles. The first-order chi connectivity index (χ1) is 22.0. The highest BCUT2D eigenvalue weighted by molar-refractivity contribution is 9.11. The Morgan fingerprint density at radius 2 is 0.848 bits per heavy atom. The van der Waals surface area contributed by atoms with Crippen molar-refractivity contribution in [2.45, 2.75) is 127 Å². The second-order valence-electron chi connectivity index (χ2n) is 12.0. The summed E-state index contributed by atoms with van der Waals surface area (Å²) >= 11 is 6.92. The monoisotopic (exact) mass is 800 g/mol. The lowest BCUT2D eigenvalue weighted by atomic mass is 10.1. The van der Waals surface area contributed by atoms with Gasteiger partial charge in [0.2, 0.25) is 0 Å². The van der Waals surface area contributed by atoms with E-state index in [0.717, 1.165) is 49.7 Å². The molecule has 2 rings (SSSR count). The molecule has 0 saturated carbocycles. The third kappa shape index (κ3) is 12.8. The third-order valence-corrected chi connectivity index (χ3v) is 13.0. The van der Waals surface area contributed by atoms with Gasteiger partial charge in [-0.15, -0.1) is 0 Å². The largest absolute Gasteiger partial charge is 0.268 e. The van der Waals surface area contributed by atoms with E-state index in [1.807, 2.05) is 13.8 Å². The summed E-state index contributed by atoms with van der Waals surface area (Å²) in [5.74, 6) is 0. The standard InChI is InChI=1S/C36H54Br2N2O4S2/c1-5-7-9-11-13-15-17-33(29-37)39(45(41,42)35-23-19-31(3)20-24-35)27-28-40(34(30-38)18-16-14-12-10-8-6-2)46(43,44)36-25-21-32(4)22-26-36/h19-26,29-30H,5-18,27-28H2,1-4H3/b33-29-,34-30-. The van der Waals surface area contributed by atoms with Crippen molar-refractivity contribution in [1.82, 2.24) is 8.61 Å². The van der Waals surface area contributed by atoms with E-state index >= 15 is 0 Å². The Bertz CT molecular complexity index is 1330. The molecule has 0 aromatic heterocycles. The second kappa shape index (κ2) is 21.4. The molecule has 0 atom stereocenters. The van der Waals surface area contributed by atoms with Crippen LogP contribution in [0.1, 0.15) is 115 Å². The van der Waals surface area contributed by atoms with Crippen LogP contribution in [0.15, 0.2) is 79.7 Å². The maximum Gasteiger partial charge on any atom is 0.264 e. The number of aryl methyl sites for hydroxylation is 2. The molecule has 46 heavy (non-hydrogen) atoms. The molecule has 6 nitrogen and oxygen atoms in total. The van der Waals surface area contributed by atoms with Crippen LogP contribution in [0.5, 0.6) is 0 Å². The number of unbranched alkanes of at least 4 members (excludes halogenated alkanes) is 10. The molecule has 0 radical (unpaired) electrons. The minimum absolute atomic E-state index is 0.0323. The van der Waals surface area contributed by atoms with E-state index in [9.17, 15) is 16.8 Å². The van der Waals surface area contributed by atoms with Crippen molar-refractivity contribution in [3.8, 4) is 0 Å². The van der Waals surface area contributed by atoms with E-state index in [4.69, 9.17) is 0 Å². The van der Waals surface area contributed by atoms with Gasteiger partial charge in [-0.2, -0.15) is 0 Å². The predicted octanol–water partition coefficient (Wildman–Crippen LogP) is 11.0. The first kappa shape index (κ1) is 40.6. The number of hydrogen-bond acceptors (Lipinski definition) is 4. The lowest BCUT2D eigenvalue weighted by Crippen LogP contribution is -2.40. The average Bonchev–Trinajstić information content (AvgIpc) is 3.04. The number of sulfonamides is 2. The Morgan fingerprint density at radius 1 is 0.543 bits per heavy atom. The molecular formula is C36H54Br2N2O4S2. The summed E-state index contributed by atoms with van der Waals surface area (Å²) < 4.78 is 59.6. The van der Waals surface area contributed by atoms with Crippen molar-refractivity contribution in [3.05, 3.63) is 81.0 Å². The molecule has 258 valence electrons. The molecule has 0 N–H and O–H groups in total. The summed E-state index contributed by atoms with van der Waals surface area (Å²) in [5.41, 5.74) is 3.16. The quantitative estimate of drug-likeness (QED) is 0.105. The van der Waals surface area contributed by atoms with Gasteiger partial charge >= 0.3 is 0 Å². The fourth-order valence-corrected chi connectivity index (χ4v) is 9.57. The van der Waals surface area contributed by atoms with Crippen molar-refractivity contribution in [3.63, 3.8) is 0 Å². The molecule has 0 spiro atoms. The van der Waals surface area contributed by atoms with Gasteiger partial charge in [-0.1, -0.05) is 145 Å². The summed E-state index contributed by atoms with van der Waals surface area (Å²) in [7, 11) is -7.94. The molecule has 0 aliphatic carbocycles. The van der Waals surface area contributed by atoms with Crippen LogP contribution in [-0.2, 0) is 20.0 Å². The zero-order valence-corrected chi connectivity index (χ0v) is 33.0. The van der Waals surface area contributed by atoms with Crippen molar-refractivity contribution in [2.75, 3.05) is 13.1 Å². The number of benzene rings is 2. The smallest absolute Gasteiger partial charge is 0.264 e. The maximum absolute atomic E-state index is 14.2. The van der Waals surface area contributed by atoms with E-state index in [1.54, 1.807) is 58.5 Å². The summed E-state index contributed by atoms with van der Waals surface area (Å²) in [4.78, 5) is 3.73. The lowest BCUT2D eigenvalue weighted by molar-refractivity contribution is 0.394. The summed E-state index contributed by atoms with van der Waals surface area (Å²) in [5, 5.41) is 0. The van der Waals surface area contributed by atoms with Gasteiger partial charge in [-0.25, -0.2) is 16.8 Å². The van der Waals surface area contributed by atoms with Crippen molar-refractivity contribution in [1.29, 1.82) is 0 Å². The van der Waals surface area contributed by atoms with Gasteiger partial charge in [-0.3, -0.25) is 8.61 Å². The van der Waals surface area contributed by atoms with Crippen molar-refractivity contribution in [2.24, 2.45) is 0 Å². The number of hydrogen-bond donors (Lipinski definition) is 0. The van der Waals surface area contributed by atoms with E-state index in [0.29, 0.717) is 24.2 Å². The Kier molecular flexibility index (Phi) is 18.8. The highest BCUT2D eigenvalue weighted by atomic mass is 79.9. The molecule has 0 unspecified atom stereocenters. The van der Waals surface area contributed by atoms with Crippen molar-refractivity contribution >= 4 is 51.9 Å². The number of allylic oxidation sites excluding steroid dienone is 2. The zero-order chi connectivity index (χ0) is 34.0. The summed E-state index contributed by atoms with van der Waals surface area (Å²) in [6, 6.07) is 13.6. The molecule has 0 amide bonds. The summed E-state index contributed by atoms with van der Waals surface area (Å²) in [6.07, 6.45) is 14.1. The molecule has 10 heteroatoms. The van der Waals surface area contributed by atoms with Crippen LogP contribution < -0.4 is 0 Å². The maximum atomic E-state index is 14.2. The highest BCUT2D eigenvalue weighted by Crippen LogP contribution is 2.29. The predicted molar refractivity (Wildman–Crippen MR) is 200 cm³/mol. The fourth-order valence-electron chi connectivity index (χ4n) is 5.33. The van der Waals surface area contributed by atoms with E-state index in [-0.39, 0.29) is 22.9 Å². The number of nitrogens with zero attached hydrogens (tertiary/aromatic N) is 2. The first-order valence-electron chi connectivity index (χ1n) is 16.8. The SMILES string of the molecule is CCCCCCCC/C(=C/Br)N(CCN(/C(=C\Br)CCCCCCCC)S(=O)(=O)c1ccc(C)cc1)S(=O)(=O)c1ccc(C)cc1. The van der Waals surface area contributed by atoms with Gasteiger partial charge in [0.25, 0.3) is 20.0 Å². The second-order valence-corrected chi connectivity index (χ2v) is 16.7. The van der Waals surface area contributed by atoms with Gasteiger partial charge in [0.15, 0.2) is 0 Å². The molecule has 0 fully saturated rings. The molecule has 0 bridgehead atoms. The normalized spacial score (nSPS) is 12.8. The Balaban J connectivity index is 2.45. The Hall–Kier alpha value is -1.62. The van der Waals surface area contributed by atoms with Crippen LogP contribution in [0, 0.1) is 13.8 Å². The number of rotatable bonds is 23. The molecular weight excluding hydrogens is 748 g/mol. The lowest BCUT2D eigenvalue weighted by Gasteiger charge is -2.32. The van der Waals surface area contributed by atoms with Crippen LogP contribution in [0.4, 0.5) is 0 Å². The van der Waals surface area contributed by atoms with Gasteiger partial charge in [-0.05, 0) is 63.8 Å². The minimum atomic E-state index is -3.97. The molecule has 0 aliphatic rings. The Labute approximate surface area is 297 Å². The highest BCUT2D eigenvalue weighted by Gasteiger charge is 2.31. The van der Waals surface area contributed by atoms with Crippen LogP contribution in [0.3, 0.4) is 0 Å². The van der Waals surface area contributed by atoms with E-state index in [1.165, 1.54) is 47.1 Å². The van der Waals surface area contributed by atoms with Gasteiger partial charge in [0.1, 0.15) is 0 Å². The fraction of sp³-hybridized carbons (Fsp3) is 0.556. The molecule has 0 heterocycles. The van der Waals surface area contributed by atoms with Gasteiger partial charge in [0.05, 0.1) is 22.9 Å².